The maximum absolute atomic E-state index is 14.3. The molecular formula is C22H17F3. The minimum absolute atomic E-state index is 0.128. The normalized spacial score (nSPS) is 12.4. The molecule has 0 aliphatic rings. The molecule has 0 spiro atoms. The highest BCUT2D eigenvalue weighted by Crippen LogP contribution is 2.23. The highest BCUT2D eigenvalue weighted by Gasteiger charge is 2.11. The van der Waals surface area contributed by atoms with Crippen LogP contribution in [0.5, 0.6) is 0 Å². The van der Waals surface area contributed by atoms with Crippen LogP contribution in [0.3, 0.4) is 0 Å². The summed E-state index contributed by atoms with van der Waals surface area (Å²) in [6.45, 7) is 0. The van der Waals surface area contributed by atoms with E-state index in [0.29, 0.717) is 16.7 Å². The summed E-state index contributed by atoms with van der Waals surface area (Å²) in [4.78, 5) is 0. The van der Waals surface area contributed by atoms with Crippen molar-refractivity contribution in [3.63, 3.8) is 0 Å². The zero-order valence-corrected chi connectivity index (χ0v) is 13.5. The smallest absolute Gasteiger partial charge is 0.130 e. The van der Waals surface area contributed by atoms with Gasteiger partial charge in [0.25, 0.3) is 0 Å². The van der Waals surface area contributed by atoms with Gasteiger partial charge in [-0.15, -0.1) is 0 Å². The molecule has 0 bridgehead atoms. The molecule has 3 rings (SSSR count). The van der Waals surface area contributed by atoms with E-state index in [-0.39, 0.29) is 12.2 Å². The van der Waals surface area contributed by atoms with Gasteiger partial charge in [-0.2, -0.15) is 0 Å². The Labute approximate surface area is 145 Å². The molecule has 1 atom stereocenters. The van der Waals surface area contributed by atoms with Crippen molar-refractivity contribution in [2.45, 2.75) is 12.6 Å². The van der Waals surface area contributed by atoms with Crippen LogP contribution in [-0.4, -0.2) is 0 Å². The van der Waals surface area contributed by atoms with Gasteiger partial charge in [-0.25, -0.2) is 13.2 Å². The number of rotatable bonds is 5. The third kappa shape index (κ3) is 4.60. The SMILES string of the molecule is Fc1ccc(C=Cc2ccc(C[C@H](F)c3ccccc3)cc2F)cc1. The second-order valence-electron chi connectivity index (χ2n) is 5.82. The molecule has 0 N–H and O–H groups in total. The zero-order valence-electron chi connectivity index (χ0n) is 13.5. The van der Waals surface area contributed by atoms with E-state index in [1.165, 1.54) is 18.2 Å². The van der Waals surface area contributed by atoms with Gasteiger partial charge >= 0.3 is 0 Å². The second-order valence-corrected chi connectivity index (χ2v) is 5.82. The van der Waals surface area contributed by atoms with Crippen LogP contribution in [0.15, 0.2) is 72.8 Å². The summed E-state index contributed by atoms with van der Waals surface area (Å²) in [6.07, 6.45) is 2.29. The maximum atomic E-state index is 14.3. The fraction of sp³-hybridized carbons (Fsp3) is 0.0909. The van der Waals surface area contributed by atoms with E-state index in [0.717, 1.165) is 5.56 Å². The van der Waals surface area contributed by atoms with Gasteiger partial charge in [-0.1, -0.05) is 66.7 Å². The lowest BCUT2D eigenvalue weighted by atomic mass is 10.0. The molecule has 0 aromatic heterocycles. The molecule has 126 valence electrons. The molecule has 0 saturated heterocycles. The minimum atomic E-state index is -1.17. The summed E-state index contributed by atoms with van der Waals surface area (Å²) in [7, 11) is 0. The van der Waals surface area contributed by atoms with Crippen LogP contribution < -0.4 is 0 Å². The lowest BCUT2D eigenvalue weighted by Gasteiger charge is -2.09. The molecule has 0 saturated carbocycles. The maximum Gasteiger partial charge on any atom is 0.130 e. The first-order chi connectivity index (χ1) is 12.1. The van der Waals surface area contributed by atoms with Crippen molar-refractivity contribution in [3.8, 4) is 0 Å². The number of hydrogen-bond donors (Lipinski definition) is 0. The molecule has 0 heterocycles. The van der Waals surface area contributed by atoms with Gasteiger partial charge < -0.3 is 0 Å². The Morgan fingerprint density at radius 1 is 0.800 bits per heavy atom. The topological polar surface area (TPSA) is 0 Å². The van der Waals surface area contributed by atoms with E-state index < -0.39 is 12.0 Å². The molecule has 0 radical (unpaired) electrons. The average molecular weight is 338 g/mol. The van der Waals surface area contributed by atoms with Crippen molar-refractivity contribution in [1.82, 2.24) is 0 Å². The lowest BCUT2D eigenvalue weighted by Crippen LogP contribution is -1.98. The summed E-state index contributed by atoms with van der Waals surface area (Å²) in [5.41, 5.74) is 2.37. The Balaban J connectivity index is 1.71. The number of hydrogen-bond acceptors (Lipinski definition) is 0. The lowest BCUT2D eigenvalue weighted by molar-refractivity contribution is 0.342. The van der Waals surface area contributed by atoms with E-state index in [4.69, 9.17) is 0 Å². The molecular weight excluding hydrogens is 321 g/mol. The predicted molar refractivity (Wildman–Crippen MR) is 95.7 cm³/mol. The molecule has 0 aliphatic heterocycles. The molecule has 0 unspecified atom stereocenters. The van der Waals surface area contributed by atoms with Crippen LogP contribution >= 0.6 is 0 Å². The Morgan fingerprint density at radius 3 is 2.20 bits per heavy atom. The summed E-state index contributed by atoms with van der Waals surface area (Å²) in [5, 5.41) is 0. The highest BCUT2D eigenvalue weighted by molar-refractivity contribution is 5.69. The number of benzene rings is 3. The van der Waals surface area contributed by atoms with Crippen molar-refractivity contribution in [3.05, 3.63) is 107 Å². The monoisotopic (exact) mass is 338 g/mol. The molecule has 0 fully saturated rings. The average Bonchev–Trinajstić information content (AvgIpc) is 2.63. The Morgan fingerprint density at radius 2 is 1.52 bits per heavy atom. The van der Waals surface area contributed by atoms with Crippen LogP contribution in [-0.2, 0) is 6.42 Å². The largest absolute Gasteiger partial charge is 0.242 e. The van der Waals surface area contributed by atoms with Gasteiger partial charge in [0.05, 0.1) is 0 Å². The fourth-order valence-corrected chi connectivity index (χ4v) is 2.58. The molecule has 0 aliphatic carbocycles. The fourth-order valence-electron chi connectivity index (χ4n) is 2.58. The highest BCUT2D eigenvalue weighted by atomic mass is 19.1. The molecule has 0 nitrogen and oxygen atoms in total. The Hall–Kier alpha value is -2.81. The van der Waals surface area contributed by atoms with E-state index >= 15 is 0 Å². The van der Waals surface area contributed by atoms with Crippen LogP contribution in [0.1, 0.15) is 28.4 Å². The van der Waals surface area contributed by atoms with Gasteiger partial charge in [-0.3, -0.25) is 0 Å². The molecule has 3 aromatic rings. The first-order valence-corrected chi connectivity index (χ1v) is 8.03. The third-order valence-corrected chi connectivity index (χ3v) is 3.97. The Bertz CT molecular complexity index is 852. The first-order valence-electron chi connectivity index (χ1n) is 8.03. The van der Waals surface area contributed by atoms with E-state index in [1.54, 1.807) is 60.7 Å². The van der Waals surface area contributed by atoms with Crippen LogP contribution in [0.4, 0.5) is 13.2 Å². The van der Waals surface area contributed by atoms with Crippen LogP contribution in [0.2, 0.25) is 0 Å². The first kappa shape index (κ1) is 17.0. The molecule has 0 amide bonds. The van der Waals surface area contributed by atoms with Gasteiger partial charge in [0.1, 0.15) is 17.8 Å². The number of alkyl halides is 1. The van der Waals surface area contributed by atoms with Crippen LogP contribution in [0, 0.1) is 11.6 Å². The number of halogens is 3. The van der Waals surface area contributed by atoms with E-state index in [1.807, 2.05) is 6.07 Å². The minimum Gasteiger partial charge on any atom is -0.242 e. The van der Waals surface area contributed by atoms with Crippen molar-refractivity contribution in [2.24, 2.45) is 0 Å². The van der Waals surface area contributed by atoms with Gasteiger partial charge in [-0.05, 0) is 34.9 Å². The van der Waals surface area contributed by atoms with Crippen molar-refractivity contribution < 1.29 is 13.2 Å². The second kappa shape index (κ2) is 7.84. The van der Waals surface area contributed by atoms with Crippen LogP contribution in [0.25, 0.3) is 12.2 Å². The predicted octanol–water partition coefficient (Wildman–Crippen LogP) is 6.39. The van der Waals surface area contributed by atoms with Crippen molar-refractivity contribution in [2.75, 3.05) is 0 Å². The standard InChI is InChI=1S/C22H17F3/c23-20-12-8-16(9-13-20)6-10-19-11-7-17(15-22(19)25)14-21(24)18-4-2-1-3-5-18/h1-13,15,21H,14H2/t21-/m0/s1. The van der Waals surface area contributed by atoms with E-state index in [9.17, 15) is 13.2 Å². The van der Waals surface area contributed by atoms with Gasteiger partial charge in [0.2, 0.25) is 0 Å². The summed E-state index contributed by atoms with van der Waals surface area (Å²) in [5.74, 6) is -0.719. The Kier molecular flexibility index (Phi) is 5.34. The summed E-state index contributed by atoms with van der Waals surface area (Å²) in [6, 6.07) is 19.5. The van der Waals surface area contributed by atoms with Gasteiger partial charge in [0.15, 0.2) is 0 Å². The summed E-state index contributed by atoms with van der Waals surface area (Å²) < 4.78 is 41.4. The molecule has 25 heavy (non-hydrogen) atoms. The summed E-state index contributed by atoms with van der Waals surface area (Å²) >= 11 is 0. The van der Waals surface area contributed by atoms with Crippen molar-refractivity contribution >= 4 is 12.2 Å². The molecule has 3 heteroatoms. The molecule has 3 aromatic carbocycles. The third-order valence-electron chi connectivity index (χ3n) is 3.97. The van der Waals surface area contributed by atoms with Gasteiger partial charge in [0, 0.05) is 12.0 Å². The van der Waals surface area contributed by atoms with Crippen molar-refractivity contribution in [1.29, 1.82) is 0 Å². The zero-order chi connectivity index (χ0) is 17.6. The quantitative estimate of drug-likeness (QED) is 0.473. The van der Waals surface area contributed by atoms with E-state index in [2.05, 4.69) is 0 Å².